The van der Waals surface area contributed by atoms with Gasteiger partial charge in [-0.3, -0.25) is 14.3 Å². The van der Waals surface area contributed by atoms with E-state index in [1.54, 1.807) is 9.80 Å². The van der Waals surface area contributed by atoms with Crippen molar-refractivity contribution in [1.82, 2.24) is 19.6 Å². The molecular formula is C13H17F3N4O2. The molecule has 0 saturated carbocycles. The van der Waals surface area contributed by atoms with Crippen LogP contribution in [0, 0.1) is 0 Å². The van der Waals surface area contributed by atoms with Crippen LogP contribution >= 0.6 is 0 Å². The first kappa shape index (κ1) is 16.3. The van der Waals surface area contributed by atoms with Crippen molar-refractivity contribution < 1.29 is 22.8 Å². The highest BCUT2D eigenvalue weighted by Crippen LogP contribution is 2.27. The Balaban J connectivity index is 1.94. The van der Waals surface area contributed by atoms with Gasteiger partial charge in [-0.1, -0.05) is 0 Å². The van der Waals surface area contributed by atoms with Crippen LogP contribution in [0.2, 0.25) is 0 Å². The predicted octanol–water partition coefficient (Wildman–Crippen LogP) is 0.983. The zero-order valence-corrected chi connectivity index (χ0v) is 12.1. The molecule has 2 amide bonds. The summed E-state index contributed by atoms with van der Waals surface area (Å²) >= 11 is 0. The molecule has 2 rings (SSSR count). The highest BCUT2D eigenvalue weighted by atomic mass is 19.4. The summed E-state index contributed by atoms with van der Waals surface area (Å²) < 4.78 is 38.4. The minimum Gasteiger partial charge on any atom is -0.341 e. The molecule has 1 aromatic rings. The van der Waals surface area contributed by atoms with E-state index in [9.17, 15) is 22.8 Å². The Hall–Kier alpha value is -2.06. The minimum absolute atomic E-state index is 0.0452. The van der Waals surface area contributed by atoms with Gasteiger partial charge in [-0.2, -0.15) is 18.3 Å². The van der Waals surface area contributed by atoms with Gasteiger partial charge in [0.05, 0.1) is 0 Å². The van der Waals surface area contributed by atoms with Gasteiger partial charge in [0.15, 0.2) is 5.69 Å². The third-order valence-corrected chi connectivity index (χ3v) is 3.52. The lowest BCUT2D eigenvalue weighted by Crippen LogP contribution is -2.38. The largest absolute Gasteiger partial charge is 0.435 e. The van der Waals surface area contributed by atoms with Gasteiger partial charge >= 0.3 is 6.18 Å². The van der Waals surface area contributed by atoms with Gasteiger partial charge in [-0.15, -0.1) is 0 Å². The van der Waals surface area contributed by atoms with Crippen LogP contribution in [0.5, 0.6) is 0 Å². The van der Waals surface area contributed by atoms with Crippen LogP contribution in [0.3, 0.4) is 0 Å². The van der Waals surface area contributed by atoms with Crippen molar-refractivity contribution in [3.63, 3.8) is 0 Å². The Morgan fingerprint density at radius 1 is 1.18 bits per heavy atom. The number of hydrogen-bond acceptors (Lipinski definition) is 3. The van der Waals surface area contributed by atoms with E-state index < -0.39 is 11.9 Å². The Morgan fingerprint density at radius 2 is 1.82 bits per heavy atom. The maximum Gasteiger partial charge on any atom is 0.435 e. The van der Waals surface area contributed by atoms with Crippen LogP contribution in [-0.4, -0.2) is 57.6 Å². The average Bonchev–Trinajstić information content (AvgIpc) is 2.74. The number of halogens is 3. The first-order chi connectivity index (χ1) is 10.3. The summed E-state index contributed by atoms with van der Waals surface area (Å²) in [5, 5.41) is 3.36. The summed E-state index contributed by atoms with van der Waals surface area (Å²) in [5.41, 5.74) is -1.01. The quantitative estimate of drug-likeness (QED) is 0.817. The summed E-state index contributed by atoms with van der Waals surface area (Å²) in [6.07, 6.45) is -2.72. The molecule has 0 radical (unpaired) electrons. The van der Waals surface area contributed by atoms with Gasteiger partial charge in [-0.25, -0.2) is 0 Å². The first-order valence-corrected chi connectivity index (χ1v) is 6.91. The normalized spacial score (nSPS) is 16.5. The monoisotopic (exact) mass is 318 g/mol. The van der Waals surface area contributed by atoms with E-state index in [2.05, 4.69) is 5.10 Å². The second-order valence-corrected chi connectivity index (χ2v) is 5.14. The standard InChI is InChI=1S/C13H17F3N4O2/c1-10(21)18-4-2-5-19(8-7-18)12(22)9-20-6-3-11(17-20)13(14,15)16/h3,6H,2,4-5,7-9H2,1H3. The molecule has 2 heterocycles. The van der Waals surface area contributed by atoms with Crippen molar-refractivity contribution in [3.05, 3.63) is 18.0 Å². The Labute approximate surface area is 125 Å². The molecule has 1 aromatic heterocycles. The number of hydrogen-bond donors (Lipinski definition) is 0. The lowest BCUT2D eigenvalue weighted by atomic mass is 10.3. The Morgan fingerprint density at radius 3 is 2.41 bits per heavy atom. The van der Waals surface area contributed by atoms with Gasteiger partial charge in [0.1, 0.15) is 6.54 Å². The second kappa shape index (κ2) is 6.37. The summed E-state index contributed by atoms with van der Waals surface area (Å²) in [6, 6.07) is 0.840. The summed E-state index contributed by atoms with van der Waals surface area (Å²) in [4.78, 5) is 26.7. The second-order valence-electron chi connectivity index (χ2n) is 5.14. The van der Waals surface area contributed by atoms with Crippen LogP contribution in [0.25, 0.3) is 0 Å². The molecule has 0 atom stereocenters. The summed E-state index contributed by atoms with van der Waals surface area (Å²) in [5.74, 6) is -0.349. The summed E-state index contributed by atoms with van der Waals surface area (Å²) in [6.45, 7) is 3.12. The number of carbonyl (C=O) groups excluding carboxylic acids is 2. The molecule has 0 bridgehead atoms. The number of alkyl halides is 3. The fourth-order valence-corrected chi connectivity index (χ4v) is 2.32. The maximum atomic E-state index is 12.5. The highest BCUT2D eigenvalue weighted by molar-refractivity contribution is 5.76. The third kappa shape index (κ3) is 3.99. The Bertz CT molecular complexity index is 556. The molecule has 22 heavy (non-hydrogen) atoms. The van der Waals surface area contributed by atoms with E-state index in [0.29, 0.717) is 32.6 Å². The van der Waals surface area contributed by atoms with Crippen LogP contribution in [0.4, 0.5) is 13.2 Å². The molecular weight excluding hydrogens is 301 g/mol. The van der Waals surface area contributed by atoms with Crippen molar-refractivity contribution in [2.45, 2.75) is 26.1 Å². The van der Waals surface area contributed by atoms with E-state index >= 15 is 0 Å². The molecule has 6 nitrogen and oxygen atoms in total. The lowest BCUT2D eigenvalue weighted by molar-refractivity contribution is -0.142. The zero-order chi connectivity index (χ0) is 16.3. The zero-order valence-electron chi connectivity index (χ0n) is 12.1. The smallest absolute Gasteiger partial charge is 0.341 e. The molecule has 0 unspecified atom stereocenters. The number of nitrogens with zero attached hydrogens (tertiary/aromatic N) is 4. The van der Waals surface area contributed by atoms with Crippen LogP contribution in [0.1, 0.15) is 19.0 Å². The van der Waals surface area contributed by atoms with Crippen LogP contribution in [0.15, 0.2) is 12.3 Å². The molecule has 9 heteroatoms. The van der Waals surface area contributed by atoms with E-state index in [0.717, 1.165) is 16.9 Å². The molecule has 0 aliphatic carbocycles. The van der Waals surface area contributed by atoms with E-state index in [1.165, 1.54) is 6.92 Å². The number of carbonyl (C=O) groups is 2. The van der Waals surface area contributed by atoms with E-state index in [-0.39, 0.29) is 18.4 Å². The van der Waals surface area contributed by atoms with Gasteiger partial charge in [0.2, 0.25) is 11.8 Å². The SMILES string of the molecule is CC(=O)N1CCCN(C(=O)Cn2ccc(C(F)(F)F)n2)CC1. The molecule has 0 aromatic carbocycles. The van der Waals surface area contributed by atoms with Gasteiger partial charge < -0.3 is 9.80 Å². The van der Waals surface area contributed by atoms with Crippen molar-refractivity contribution in [2.24, 2.45) is 0 Å². The molecule has 0 N–H and O–H groups in total. The van der Waals surface area contributed by atoms with Gasteiger partial charge in [-0.05, 0) is 12.5 Å². The molecule has 0 spiro atoms. The van der Waals surface area contributed by atoms with Crippen molar-refractivity contribution in [1.29, 1.82) is 0 Å². The van der Waals surface area contributed by atoms with Crippen LogP contribution in [-0.2, 0) is 22.3 Å². The minimum atomic E-state index is -4.51. The Kier molecular flexibility index (Phi) is 4.72. The molecule has 1 fully saturated rings. The average molecular weight is 318 g/mol. The molecule has 122 valence electrons. The maximum absolute atomic E-state index is 12.5. The lowest BCUT2D eigenvalue weighted by Gasteiger charge is -2.21. The molecule has 1 aliphatic rings. The first-order valence-electron chi connectivity index (χ1n) is 6.91. The fraction of sp³-hybridized carbons (Fsp3) is 0.615. The van der Waals surface area contributed by atoms with Crippen molar-refractivity contribution in [2.75, 3.05) is 26.2 Å². The van der Waals surface area contributed by atoms with Gasteiger partial charge in [0, 0.05) is 39.3 Å². The molecule has 1 aliphatic heterocycles. The molecule has 1 saturated heterocycles. The van der Waals surface area contributed by atoms with E-state index in [1.807, 2.05) is 0 Å². The highest BCUT2D eigenvalue weighted by Gasteiger charge is 2.33. The number of aromatic nitrogens is 2. The van der Waals surface area contributed by atoms with Crippen molar-refractivity contribution in [3.8, 4) is 0 Å². The predicted molar refractivity (Wildman–Crippen MR) is 70.7 cm³/mol. The number of amides is 2. The van der Waals surface area contributed by atoms with Gasteiger partial charge in [0.25, 0.3) is 0 Å². The summed E-state index contributed by atoms with van der Waals surface area (Å²) in [7, 11) is 0. The third-order valence-electron chi connectivity index (χ3n) is 3.52. The van der Waals surface area contributed by atoms with Crippen molar-refractivity contribution >= 4 is 11.8 Å². The van der Waals surface area contributed by atoms with Crippen LogP contribution < -0.4 is 0 Å². The number of rotatable bonds is 2. The fourth-order valence-electron chi connectivity index (χ4n) is 2.32. The topological polar surface area (TPSA) is 58.4 Å². The van der Waals surface area contributed by atoms with E-state index in [4.69, 9.17) is 0 Å².